The molecule has 3 atom stereocenters. The lowest BCUT2D eigenvalue weighted by Gasteiger charge is -2.23. The van der Waals surface area contributed by atoms with E-state index in [-0.39, 0.29) is 25.7 Å². The molecule has 9 heteroatoms. The Morgan fingerprint density at radius 2 is 1.00 bits per heavy atom. The van der Waals surface area contributed by atoms with Crippen molar-refractivity contribution in [2.75, 3.05) is 19.8 Å². The molecular formula is C50H91N2O6P. The highest BCUT2D eigenvalue weighted by Gasteiger charge is 2.26. The van der Waals surface area contributed by atoms with Crippen LogP contribution in [0.2, 0.25) is 0 Å². The Balaban J connectivity index is 4.18. The summed E-state index contributed by atoms with van der Waals surface area (Å²) in [6.07, 6.45) is 59.6. The lowest BCUT2D eigenvalue weighted by molar-refractivity contribution is -0.123. The van der Waals surface area contributed by atoms with Crippen molar-refractivity contribution >= 4 is 13.7 Å². The van der Waals surface area contributed by atoms with Crippen molar-refractivity contribution in [2.45, 2.75) is 219 Å². The number of rotatable bonds is 44. The Hall–Kier alpha value is -2.06. The summed E-state index contributed by atoms with van der Waals surface area (Å²) in [4.78, 5) is 22.8. The van der Waals surface area contributed by atoms with E-state index in [1.54, 1.807) is 6.08 Å². The van der Waals surface area contributed by atoms with Crippen LogP contribution in [0.3, 0.4) is 0 Å². The Labute approximate surface area is 363 Å². The summed E-state index contributed by atoms with van der Waals surface area (Å²) in [5.74, 6) is -0.211. The number of allylic oxidation sites excluding steroid dienone is 11. The van der Waals surface area contributed by atoms with Crippen LogP contribution in [-0.4, -0.2) is 47.8 Å². The third-order valence-electron chi connectivity index (χ3n) is 10.3. The van der Waals surface area contributed by atoms with Gasteiger partial charge in [-0.2, -0.15) is 0 Å². The lowest BCUT2D eigenvalue weighted by Crippen LogP contribution is -2.45. The Morgan fingerprint density at radius 3 is 1.51 bits per heavy atom. The largest absolute Gasteiger partial charge is 0.472 e. The van der Waals surface area contributed by atoms with Gasteiger partial charge in [0.25, 0.3) is 0 Å². The summed E-state index contributed by atoms with van der Waals surface area (Å²) < 4.78 is 22.2. The fourth-order valence-corrected chi connectivity index (χ4v) is 7.43. The van der Waals surface area contributed by atoms with Gasteiger partial charge in [0.05, 0.1) is 25.4 Å². The van der Waals surface area contributed by atoms with Crippen molar-refractivity contribution in [3.63, 3.8) is 0 Å². The molecule has 0 aromatic heterocycles. The van der Waals surface area contributed by atoms with E-state index in [1.807, 2.05) is 6.08 Å². The first-order valence-electron chi connectivity index (χ1n) is 24.1. The van der Waals surface area contributed by atoms with Crippen molar-refractivity contribution < 1.29 is 28.4 Å². The average Bonchev–Trinajstić information content (AvgIpc) is 3.22. The van der Waals surface area contributed by atoms with Gasteiger partial charge in [0, 0.05) is 13.0 Å². The van der Waals surface area contributed by atoms with Crippen LogP contribution < -0.4 is 11.1 Å². The fraction of sp³-hybridized carbons (Fsp3) is 0.740. The van der Waals surface area contributed by atoms with E-state index in [2.05, 4.69) is 79.9 Å². The number of carbonyl (C=O) groups is 1. The molecule has 0 aliphatic heterocycles. The molecule has 1 amide bonds. The minimum atomic E-state index is -4.36. The molecule has 0 fully saturated rings. The van der Waals surface area contributed by atoms with Gasteiger partial charge in [-0.3, -0.25) is 13.8 Å². The molecule has 0 radical (unpaired) electrons. The van der Waals surface area contributed by atoms with Gasteiger partial charge in [-0.05, 0) is 70.6 Å². The molecule has 0 saturated carbocycles. The zero-order chi connectivity index (χ0) is 43.2. The van der Waals surface area contributed by atoms with Crippen molar-refractivity contribution in [1.82, 2.24) is 5.32 Å². The highest BCUT2D eigenvalue weighted by molar-refractivity contribution is 7.47. The van der Waals surface area contributed by atoms with E-state index >= 15 is 0 Å². The fourth-order valence-electron chi connectivity index (χ4n) is 6.67. The van der Waals surface area contributed by atoms with Gasteiger partial charge in [-0.25, -0.2) is 4.57 Å². The number of aliphatic hydroxyl groups is 1. The molecule has 0 saturated heterocycles. The first-order chi connectivity index (χ1) is 28.9. The third-order valence-corrected chi connectivity index (χ3v) is 11.3. The van der Waals surface area contributed by atoms with Gasteiger partial charge in [0.15, 0.2) is 0 Å². The summed E-state index contributed by atoms with van der Waals surface area (Å²) >= 11 is 0. The molecule has 0 aromatic rings. The number of hydrogen-bond donors (Lipinski definition) is 4. The normalized spacial score (nSPS) is 14.6. The van der Waals surface area contributed by atoms with Crippen molar-refractivity contribution in [1.29, 1.82) is 0 Å². The number of nitrogens with two attached hydrogens (primary N) is 1. The highest BCUT2D eigenvalue weighted by atomic mass is 31.2. The minimum absolute atomic E-state index is 0.0704. The van der Waals surface area contributed by atoms with Crippen LogP contribution in [0.15, 0.2) is 72.9 Å². The van der Waals surface area contributed by atoms with Crippen LogP contribution in [0.1, 0.15) is 206 Å². The van der Waals surface area contributed by atoms with Gasteiger partial charge >= 0.3 is 7.82 Å². The summed E-state index contributed by atoms with van der Waals surface area (Å²) in [5.41, 5.74) is 5.38. The van der Waals surface area contributed by atoms with Crippen molar-refractivity contribution in [2.24, 2.45) is 5.73 Å². The monoisotopic (exact) mass is 847 g/mol. The molecule has 0 rings (SSSR count). The summed E-state index contributed by atoms with van der Waals surface area (Å²) in [6.45, 7) is 4.00. The summed E-state index contributed by atoms with van der Waals surface area (Å²) in [5, 5.41) is 13.7. The van der Waals surface area contributed by atoms with E-state index in [9.17, 15) is 19.4 Å². The quantitative estimate of drug-likeness (QED) is 0.0273. The molecule has 342 valence electrons. The molecule has 0 heterocycles. The molecule has 0 aliphatic rings. The first kappa shape index (κ1) is 56.9. The Morgan fingerprint density at radius 1 is 0.576 bits per heavy atom. The second kappa shape index (κ2) is 45.5. The van der Waals surface area contributed by atoms with Crippen LogP contribution >= 0.6 is 7.82 Å². The van der Waals surface area contributed by atoms with Gasteiger partial charge in [0.1, 0.15) is 0 Å². The van der Waals surface area contributed by atoms with Crippen molar-refractivity contribution in [3.8, 4) is 0 Å². The predicted molar refractivity (Wildman–Crippen MR) is 253 cm³/mol. The maximum atomic E-state index is 12.8. The van der Waals surface area contributed by atoms with E-state index < -0.39 is 20.0 Å². The van der Waals surface area contributed by atoms with E-state index in [0.717, 1.165) is 70.6 Å². The number of carbonyl (C=O) groups excluding carboxylic acids is 1. The Bertz CT molecular complexity index is 1150. The zero-order valence-corrected chi connectivity index (χ0v) is 38.9. The topological polar surface area (TPSA) is 131 Å². The maximum Gasteiger partial charge on any atom is 0.472 e. The van der Waals surface area contributed by atoms with E-state index in [4.69, 9.17) is 14.8 Å². The van der Waals surface area contributed by atoms with E-state index in [0.29, 0.717) is 6.42 Å². The number of amides is 1. The maximum absolute atomic E-state index is 12.8. The van der Waals surface area contributed by atoms with E-state index in [1.165, 1.54) is 116 Å². The van der Waals surface area contributed by atoms with Gasteiger partial charge < -0.3 is 21.1 Å². The minimum Gasteiger partial charge on any atom is -0.387 e. The number of unbranched alkanes of at least 4 members (excludes halogenated alkanes) is 22. The smallest absolute Gasteiger partial charge is 0.387 e. The third kappa shape index (κ3) is 43.8. The van der Waals surface area contributed by atoms with Crippen LogP contribution in [0.5, 0.6) is 0 Å². The molecule has 0 bridgehead atoms. The summed E-state index contributed by atoms with van der Waals surface area (Å²) in [6, 6.07) is -0.883. The van der Waals surface area contributed by atoms with Gasteiger partial charge in [-0.1, -0.05) is 202 Å². The number of hydrogen-bond acceptors (Lipinski definition) is 6. The predicted octanol–water partition coefficient (Wildman–Crippen LogP) is 14.0. The number of nitrogens with one attached hydrogen (secondary N) is 1. The van der Waals surface area contributed by atoms with Crippen LogP contribution in [0.4, 0.5) is 0 Å². The molecule has 0 aliphatic carbocycles. The van der Waals surface area contributed by atoms with Crippen LogP contribution in [-0.2, 0) is 18.4 Å². The molecule has 5 N–H and O–H groups in total. The van der Waals surface area contributed by atoms with Crippen LogP contribution in [0.25, 0.3) is 0 Å². The molecule has 59 heavy (non-hydrogen) atoms. The zero-order valence-electron chi connectivity index (χ0n) is 38.0. The summed E-state index contributed by atoms with van der Waals surface area (Å²) in [7, 11) is -4.36. The molecule has 8 nitrogen and oxygen atoms in total. The van der Waals surface area contributed by atoms with Crippen molar-refractivity contribution in [3.05, 3.63) is 72.9 Å². The molecule has 0 spiro atoms. The first-order valence-corrected chi connectivity index (χ1v) is 25.6. The highest BCUT2D eigenvalue weighted by Crippen LogP contribution is 2.43. The second-order valence-corrected chi connectivity index (χ2v) is 17.4. The standard InChI is InChI=1S/C50H91N2O6P/c1-3-5-7-9-11-13-15-17-19-21-22-23-24-25-26-28-30-32-34-36-38-40-42-44-50(54)52-48(47-58-59(55,56)57-46-45-51)49(53)43-41-39-37-35-33-31-29-27-20-18-16-14-12-10-8-6-4-2/h5,7,11,13,17,19,22-23,33,35,41,43,48-49,53H,3-4,6,8-10,12,14-16,18,20-21,24-32,34,36-40,42,44-47,51H2,1-2H3,(H,52,54)(H,55,56)/b7-5-,13-11-,19-17-,23-22-,35-33+,43-41+. The Kier molecular flexibility index (Phi) is 43.9. The lowest BCUT2D eigenvalue weighted by atomic mass is 10.0. The average molecular weight is 847 g/mol. The SMILES string of the molecule is CC/C=C\C/C=C\C/C=C\C/C=C\CCCCCCCCCCCCC(=O)NC(COP(=O)(O)OCCN)C(O)/C=C/CC/C=C/CCCCCCCCCCCCC. The number of aliphatic hydroxyl groups excluding tert-OH is 1. The van der Waals surface area contributed by atoms with Crippen LogP contribution in [0, 0.1) is 0 Å². The second-order valence-electron chi connectivity index (χ2n) is 15.9. The number of phosphoric ester groups is 1. The molecular weight excluding hydrogens is 756 g/mol. The van der Waals surface area contributed by atoms with Gasteiger partial charge in [-0.15, -0.1) is 0 Å². The molecule has 3 unspecified atom stereocenters. The van der Waals surface area contributed by atoms with Gasteiger partial charge in [0.2, 0.25) is 5.91 Å². The molecule has 0 aromatic carbocycles. The number of phosphoric acid groups is 1.